The van der Waals surface area contributed by atoms with Crippen LogP contribution in [-0.4, -0.2) is 37.2 Å². The average molecular weight is 469 g/mol. The Balaban J connectivity index is 0.00000312. The van der Waals surface area contributed by atoms with Crippen LogP contribution in [0.4, 0.5) is 8.78 Å². The molecule has 0 saturated carbocycles. The Kier molecular flexibility index (Phi) is 9.23. The number of aliphatic imine (C=N–C) groups is 1. The molecule has 8 heteroatoms. The smallest absolute Gasteiger partial charge is 0.387 e. The first-order chi connectivity index (χ1) is 11.5. The number of piperidine rings is 1. The summed E-state index contributed by atoms with van der Waals surface area (Å²) in [4.78, 5) is 6.51. The van der Waals surface area contributed by atoms with E-state index in [4.69, 9.17) is 10.5 Å². The van der Waals surface area contributed by atoms with Gasteiger partial charge in [0, 0.05) is 13.1 Å². The molecule has 2 rings (SSSR count). The van der Waals surface area contributed by atoms with Crippen LogP contribution in [0, 0.1) is 5.92 Å². The van der Waals surface area contributed by atoms with Crippen molar-refractivity contribution in [1.82, 2.24) is 4.90 Å². The van der Waals surface area contributed by atoms with Crippen LogP contribution in [0.25, 0.3) is 0 Å². The Labute approximate surface area is 164 Å². The summed E-state index contributed by atoms with van der Waals surface area (Å²) in [6.07, 6.45) is 2.33. The summed E-state index contributed by atoms with van der Waals surface area (Å²) in [5.41, 5.74) is 6.90. The second-order valence-corrected chi connectivity index (χ2v) is 5.96. The van der Waals surface area contributed by atoms with Crippen LogP contribution in [0.5, 0.6) is 11.5 Å². The van der Waals surface area contributed by atoms with Gasteiger partial charge in [-0.15, -0.1) is 24.0 Å². The summed E-state index contributed by atoms with van der Waals surface area (Å²) in [5.74, 6) is 1.45. The first-order valence-corrected chi connectivity index (χ1v) is 8.25. The highest BCUT2D eigenvalue weighted by molar-refractivity contribution is 14.0. The number of likely N-dealkylation sites (tertiary alicyclic amines) is 1. The lowest BCUT2D eigenvalue weighted by atomic mass is 10.0. The Bertz CT molecular complexity index is 573. The third-order valence-corrected chi connectivity index (χ3v) is 3.93. The van der Waals surface area contributed by atoms with Crippen molar-refractivity contribution >= 4 is 29.9 Å². The molecule has 1 aliphatic rings. The fourth-order valence-corrected chi connectivity index (χ4v) is 2.78. The summed E-state index contributed by atoms with van der Waals surface area (Å²) in [5, 5.41) is 0. The molecule has 0 bridgehead atoms. The monoisotopic (exact) mass is 469 g/mol. The molecule has 0 radical (unpaired) electrons. The van der Waals surface area contributed by atoms with E-state index in [0.29, 0.717) is 25.0 Å². The van der Waals surface area contributed by atoms with Crippen molar-refractivity contribution in [3.8, 4) is 11.5 Å². The van der Waals surface area contributed by atoms with Crippen molar-refractivity contribution in [3.05, 3.63) is 23.8 Å². The summed E-state index contributed by atoms with van der Waals surface area (Å²) >= 11 is 0. The summed E-state index contributed by atoms with van der Waals surface area (Å²) < 4.78 is 34.6. The fourth-order valence-electron chi connectivity index (χ4n) is 2.78. The van der Waals surface area contributed by atoms with Crippen LogP contribution >= 0.6 is 24.0 Å². The van der Waals surface area contributed by atoms with Crippen LogP contribution in [0.2, 0.25) is 0 Å². The van der Waals surface area contributed by atoms with E-state index in [1.807, 2.05) is 0 Å². The lowest BCUT2D eigenvalue weighted by molar-refractivity contribution is -0.0514. The zero-order valence-electron chi connectivity index (χ0n) is 14.6. The maximum Gasteiger partial charge on any atom is 0.387 e. The zero-order chi connectivity index (χ0) is 17.5. The summed E-state index contributed by atoms with van der Waals surface area (Å²) in [6.45, 7) is 3.67. The van der Waals surface area contributed by atoms with Gasteiger partial charge in [-0.2, -0.15) is 8.78 Å². The molecule has 1 saturated heterocycles. The number of rotatable bonds is 6. The Morgan fingerprint density at radius 3 is 2.80 bits per heavy atom. The van der Waals surface area contributed by atoms with Crippen LogP contribution in [0.1, 0.15) is 32.3 Å². The Morgan fingerprint density at radius 1 is 1.40 bits per heavy atom. The minimum atomic E-state index is -2.88. The van der Waals surface area contributed by atoms with Gasteiger partial charge >= 0.3 is 6.61 Å². The third kappa shape index (κ3) is 6.83. The van der Waals surface area contributed by atoms with Gasteiger partial charge in [0.05, 0.1) is 13.2 Å². The van der Waals surface area contributed by atoms with E-state index in [2.05, 4.69) is 21.6 Å². The molecule has 2 N–H and O–H groups in total. The van der Waals surface area contributed by atoms with Crippen LogP contribution in [0.15, 0.2) is 23.2 Å². The van der Waals surface area contributed by atoms with E-state index < -0.39 is 6.61 Å². The molecule has 0 aromatic heterocycles. The number of hydrogen-bond donors (Lipinski definition) is 1. The molecule has 1 heterocycles. The van der Waals surface area contributed by atoms with Crippen molar-refractivity contribution < 1.29 is 18.3 Å². The molecular weight excluding hydrogens is 443 g/mol. The first kappa shape index (κ1) is 21.7. The number of alkyl halides is 2. The summed E-state index contributed by atoms with van der Waals surface area (Å²) in [7, 11) is 0. The second-order valence-electron chi connectivity index (χ2n) is 5.96. The largest absolute Gasteiger partial charge is 0.490 e. The van der Waals surface area contributed by atoms with E-state index in [9.17, 15) is 8.78 Å². The molecule has 1 aromatic rings. The van der Waals surface area contributed by atoms with Gasteiger partial charge in [-0.3, -0.25) is 0 Å². The third-order valence-electron chi connectivity index (χ3n) is 3.93. The predicted molar refractivity (Wildman–Crippen MR) is 105 cm³/mol. The number of ether oxygens (including phenoxy) is 2. The SMILES string of the molecule is CCOc1cc(CN=C(N)N2CCCC(C)C2)ccc1OC(F)F.I. The quantitative estimate of drug-likeness (QED) is 0.391. The normalized spacial score (nSPS) is 18.0. The highest BCUT2D eigenvalue weighted by atomic mass is 127. The molecule has 1 fully saturated rings. The predicted octanol–water partition coefficient (Wildman–Crippen LogP) is 3.85. The second kappa shape index (κ2) is 10.6. The molecule has 1 aliphatic heterocycles. The Hall–Kier alpha value is -1.32. The van der Waals surface area contributed by atoms with Crippen molar-refractivity contribution in [2.24, 2.45) is 16.6 Å². The minimum Gasteiger partial charge on any atom is -0.490 e. The molecule has 142 valence electrons. The van der Waals surface area contributed by atoms with Crippen molar-refractivity contribution in [1.29, 1.82) is 0 Å². The van der Waals surface area contributed by atoms with E-state index in [1.54, 1.807) is 19.1 Å². The zero-order valence-corrected chi connectivity index (χ0v) is 16.9. The maximum absolute atomic E-state index is 12.4. The molecule has 25 heavy (non-hydrogen) atoms. The van der Waals surface area contributed by atoms with Gasteiger partial charge in [0.1, 0.15) is 0 Å². The van der Waals surface area contributed by atoms with E-state index in [1.165, 1.54) is 12.5 Å². The number of guanidine groups is 1. The number of nitrogens with two attached hydrogens (primary N) is 1. The number of hydrogen-bond acceptors (Lipinski definition) is 3. The van der Waals surface area contributed by atoms with Crippen LogP contribution < -0.4 is 15.2 Å². The minimum absolute atomic E-state index is 0. The van der Waals surface area contributed by atoms with Gasteiger partial charge in [0.15, 0.2) is 17.5 Å². The number of benzene rings is 1. The standard InChI is InChI=1S/C17H25F2N3O2.HI/c1-3-23-15-9-13(6-7-14(15)24-16(18)19)10-21-17(20)22-8-4-5-12(2)11-22;/h6-7,9,12,16H,3-5,8,10-11H2,1-2H3,(H2,20,21);1H. The molecule has 1 aromatic carbocycles. The lowest BCUT2D eigenvalue weighted by Gasteiger charge is -2.31. The number of halogens is 3. The van der Waals surface area contributed by atoms with Gasteiger partial charge in [-0.25, -0.2) is 4.99 Å². The van der Waals surface area contributed by atoms with Crippen LogP contribution in [-0.2, 0) is 6.54 Å². The van der Waals surface area contributed by atoms with E-state index in [-0.39, 0.29) is 35.5 Å². The van der Waals surface area contributed by atoms with E-state index in [0.717, 1.165) is 25.1 Å². The van der Waals surface area contributed by atoms with Gasteiger partial charge in [0.25, 0.3) is 0 Å². The van der Waals surface area contributed by atoms with Crippen molar-refractivity contribution in [2.45, 2.75) is 39.8 Å². The molecule has 0 amide bonds. The van der Waals surface area contributed by atoms with Crippen molar-refractivity contribution in [2.75, 3.05) is 19.7 Å². The van der Waals surface area contributed by atoms with Crippen molar-refractivity contribution in [3.63, 3.8) is 0 Å². The molecule has 1 unspecified atom stereocenters. The molecule has 1 atom stereocenters. The first-order valence-electron chi connectivity index (χ1n) is 8.25. The topological polar surface area (TPSA) is 60.1 Å². The average Bonchev–Trinajstić information content (AvgIpc) is 2.54. The molecular formula is C17H26F2IN3O2. The highest BCUT2D eigenvalue weighted by Gasteiger charge is 2.17. The van der Waals surface area contributed by atoms with Gasteiger partial charge in [-0.1, -0.05) is 13.0 Å². The molecule has 0 aliphatic carbocycles. The van der Waals surface area contributed by atoms with Gasteiger partial charge < -0.3 is 20.1 Å². The Morgan fingerprint density at radius 2 is 2.16 bits per heavy atom. The highest BCUT2D eigenvalue weighted by Crippen LogP contribution is 2.30. The maximum atomic E-state index is 12.4. The van der Waals surface area contributed by atoms with Gasteiger partial charge in [0.2, 0.25) is 0 Å². The molecule has 0 spiro atoms. The fraction of sp³-hybridized carbons (Fsp3) is 0.588. The summed E-state index contributed by atoms with van der Waals surface area (Å²) in [6, 6.07) is 4.83. The van der Waals surface area contributed by atoms with Gasteiger partial charge in [-0.05, 0) is 43.4 Å². The number of nitrogens with zero attached hydrogens (tertiary/aromatic N) is 2. The van der Waals surface area contributed by atoms with Crippen LogP contribution in [0.3, 0.4) is 0 Å². The molecule has 5 nitrogen and oxygen atoms in total. The lowest BCUT2D eigenvalue weighted by Crippen LogP contribution is -2.43. The van der Waals surface area contributed by atoms with E-state index >= 15 is 0 Å².